The smallest absolute Gasteiger partial charge is 0.0611 e. The first kappa shape index (κ1) is 16.9. The van der Waals surface area contributed by atoms with Crippen molar-refractivity contribution in [2.24, 2.45) is 5.92 Å². The summed E-state index contributed by atoms with van der Waals surface area (Å²) in [5, 5.41) is 12.9. The van der Waals surface area contributed by atoms with Gasteiger partial charge in [0.05, 0.1) is 6.61 Å². The van der Waals surface area contributed by atoms with Crippen LogP contribution in [0.25, 0.3) is 0 Å². The molecule has 0 saturated carbocycles. The summed E-state index contributed by atoms with van der Waals surface area (Å²) in [6.07, 6.45) is 0.984. The van der Waals surface area contributed by atoms with Crippen LogP contribution in [0.5, 0.6) is 0 Å². The van der Waals surface area contributed by atoms with Crippen molar-refractivity contribution in [3.8, 4) is 0 Å². The Hall–Kier alpha value is -0.120. The van der Waals surface area contributed by atoms with E-state index in [0.29, 0.717) is 12.0 Å². The summed E-state index contributed by atoms with van der Waals surface area (Å²) in [5.41, 5.74) is -0.154. The van der Waals surface area contributed by atoms with E-state index in [2.05, 4.69) is 51.8 Å². The van der Waals surface area contributed by atoms with Crippen LogP contribution < -0.4 is 5.32 Å². The Morgan fingerprint density at radius 2 is 1.82 bits per heavy atom. The topological polar surface area (TPSA) is 35.5 Å². The highest BCUT2D eigenvalue weighted by Gasteiger charge is 2.27. The van der Waals surface area contributed by atoms with Crippen molar-refractivity contribution < 1.29 is 5.11 Å². The van der Waals surface area contributed by atoms with Crippen LogP contribution in [0.1, 0.15) is 48.0 Å². The monoisotopic (exact) mass is 244 g/mol. The molecule has 0 aliphatic heterocycles. The molecule has 17 heavy (non-hydrogen) atoms. The Labute approximate surface area is 108 Å². The summed E-state index contributed by atoms with van der Waals surface area (Å²) in [6.45, 7) is 16.5. The number of nitrogens with zero attached hydrogens (tertiary/aromatic N) is 1. The molecular formula is C14H32N2O. The minimum atomic E-state index is -0.154. The van der Waals surface area contributed by atoms with Gasteiger partial charge >= 0.3 is 0 Å². The van der Waals surface area contributed by atoms with Crippen molar-refractivity contribution >= 4 is 0 Å². The zero-order valence-corrected chi connectivity index (χ0v) is 12.6. The van der Waals surface area contributed by atoms with Crippen LogP contribution in [0, 0.1) is 5.92 Å². The third-order valence-electron chi connectivity index (χ3n) is 3.33. The number of rotatable bonds is 9. The summed E-state index contributed by atoms with van der Waals surface area (Å²) in [4.78, 5) is 2.50. The van der Waals surface area contributed by atoms with Gasteiger partial charge in [0.15, 0.2) is 0 Å². The number of aliphatic hydroxyl groups excluding tert-OH is 1. The lowest BCUT2D eigenvalue weighted by atomic mass is 9.93. The lowest BCUT2D eigenvalue weighted by Gasteiger charge is -2.37. The molecular weight excluding hydrogens is 212 g/mol. The molecule has 0 radical (unpaired) electrons. The van der Waals surface area contributed by atoms with Crippen LogP contribution >= 0.6 is 0 Å². The fourth-order valence-corrected chi connectivity index (χ4v) is 2.49. The maximum atomic E-state index is 9.52. The zero-order valence-electron chi connectivity index (χ0n) is 12.6. The molecule has 2 atom stereocenters. The number of nitrogens with one attached hydrogen (secondary N) is 1. The molecule has 3 nitrogen and oxygen atoms in total. The summed E-state index contributed by atoms with van der Waals surface area (Å²) in [6, 6.07) is 0.499. The molecule has 0 fully saturated rings. The van der Waals surface area contributed by atoms with Gasteiger partial charge in [0.25, 0.3) is 0 Å². The highest BCUT2D eigenvalue weighted by molar-refractivity contribution is 4.86. The van der Waals surface area contributed by atoms with E-state index in [4.69, 9.17) is 0 Å². The minimum absolute atomic E-state index is 0.154. The molecule has 2 N–H and O–H groups in total. The molecule has 0 bridgehead atoms. The van der Waals surface area contributed by atoms with Gasteiger partial charge in [-0.1, -0.05) is 27.7 Å². The Morgan fingerprint density at radius 3 is 2.18 bits per heavy atom. The van der Waals surface area contributed by atoms with Gasteiger partial charge in [-0.2, -0.15) is 0 Å². The van der Waals surface area contributed by atoms with E-state index in [1.807, 2.05) is 0 Å². The van der Waals surface area contributed by atoms with Crippen molar-refractivity contribution in [3.05, 3.63) is 0 Å². The molecule has 104 valence electrons. The van der Waals surface area contributed by atoms with E-state index in [0.717, 1.165) is 26.1 Å². The third kappa shape index (κ3) is 6.39. The Bertz CT molecular complexity index is 197. The van der Waals surface area contributed by atoms with Gasteiger partial charge in [0, 0.05) is 18.1 Å². The fourth-order valence-electron chi connectivity index (χ4n) is 2.49. The van der Waals surface area contributed by atoms with Gasteiger partial charge in [0.1, 0.15) is 0 Å². The van der Waals surface area contributed by atoms with E-state index in [-0.39, 0.29) is 12.1 Å². The molecule has 0 saturated heterocycles. The van der Waals surface area contributed by atoms with Crippen molar-refractivity contribution in [1.82, 2.24) is 10.2 Å². The average molecular weight is 244 g/mol. The normalized spacial score (nSPS) is 17.5. The lowest BCUT2D eigenvalue weighted by molar-refractivity contribution is 0.112. The minimum Gasteiger partial charge on any atom is -0.394 e. The number of hydrogen-bond donors (Lipinski definition) is 2. The first-order chi connectivity index (χ1) is 7.88. The molecule has 0 rings (SSSR count). The number of aliphatic hydroxyl groups is 1. The maximum Gasteiger partial charge on any atom is 0.0611 e. The largest absolute Gasteiger partial charge is 0.394 e. The number of likely N-dealkylation sites (N-methyl/N-ethyl adjacent to an activating group) is 1. The third-order valence-corrected chi connectivity index (χ3v) is 3.33. The first-order valence-corrected chi connectivity index (χ1v) is 6.98. The van der Waals surface area contributed by atoms with E-state index in [1.54, 1.807) is 0 Å². The summed E-state index contributed by atoms with van der Waals surface area (Å²) in [7, 11) is 0. The van der Waals surface area contributed by atoms with Crippen LogP contribution in [-0.2, 0) is 0 Å². The second kappa shape index (κ2) is 8.06. The lowest BCUT2D eigenvalue weighted by Crippen LogP contribution is -2.51. The molecule has 0 aliphatic rings. The predicted molar refractivity (Wildman–Crippen MR) is 75.3 cm³/mol. The zero-order chi connectivity index (χ0) is 13.5. The molecule has 0 aliphatic carbocycles. The van der Waals surface area contributed by atoms with Gasteiger partial charge in [0.2, 0.25) is 0 Å². The van der Waals surface area contributed by atoms with Crippen LogP contribution in [0.3, 0.4) is 0 Å². The van der Waals surface area contributed by atoms with E-state index >= 15 is 0 Å². The SMILES string of the molecule is CCNC(C)(CO)CC(C)N(CC)CC(C)C. The maximum absolute atomic E-state index is 9.52. The molecule has 3 heteroatoms. The summed E-state index contributed by atoms with van der Waals surface area (Å²) in [5.74, 6) is 0.692. The van der Waals surface area contributed by atoms with E-state index in [9.17, 15) is 5.11 Å². The molecule has 0 spiro atoms. The fraction of sp³-hybridized carbons (Fsp3) is 1.00. The summed E-state index contributed by atoms with van der Waals surface area (Å²) >= 11 is 0. The Kier molecular flexibility index (Phi) is 8.01. The molecule has 0 heterocycles. The summed E-state index contributed by atoms with van der Waals surface area (Å²) < 4.78 is 0. The van der Waals surface area contributed by atoms with Crippen molar-refractivity contribution in [3.63, 3.8) is 0 Å². The highest BCUT2D eigenvalue weighted by Crippen LogP contribution is 2.17. The van der Waals surface area contributed by atoms with Gasteiger partial charge in [-0.25, -0.2) is 0 Å². The van der Waals surface area contributed by atoms with Crippen LogP contribution in [0.2, 0.25) is 0 Å². The predicted octanol–water partition coefficient (Wildman–Crippen LogP) is 2.10. The quantitative estimate of drug-likeness (QED) is 0.652. The van der Waals surface area contributed by atoms with Crippen LogP contribution in [0.4, 0.5) is 0 Å². The van der Waals surface area contributed by atoms with E-state index in [1.165, 1.54) is 0 Å². The second-order valence-electron chi connectivity index (χ2n) is 5.78. The van der Waals surface area contributed by atoms with Crippen LogP contribution in [-0.4, -0.2) is 47.8 Å². The first-order valence-electron chi connectivity index (χ1n) is 6.98. The Balaban J connectivity index is 4.40. The second-order valence-corrected chi connectivity index (χ2v) is 5.78. The highest BCUT2D eigenvalue weighted by atomic mass is 16.3. The number of hydrogen-bond acceptors (Lipinski definition) is 3. The molecule has 0 aromatic rings. The molecule has 0 aromatic heterocycles. The van der Waals surface area contributed by atoms with E-state index < -0.39 is 0 Å². The van der Waals surface area contributed by atoms with Gasteiger partial charge in [-0.3, -0.25) is 0 Å². The van der Waals surface area contributed by atoms with Crippen molar-refractivity contribution in [1.29, 1.82) is 0 Å². The Morgan fingerprint density at radius 1 is 1.24 bits per heavy atom. The molecule has 0 amide bonds. The standard InChI is InChI=1S/C14H32N2O/c1-7-15-14(6,11-17)9-13(5)16(8-2)10-12(3)4/h12-13,15,17H,7-11H2,1-6H3. The van der Waals surface area contributed by atoms with Gasteiger partial charge in [-0.15, -0.1) is 0 Å². The van der Waals surface area contributed by atoms with Crippen molar-refractivity contribution in [2.75, 3.05) is 26.2 Å². The molecule has 2 unspecified atom stereocenters. The molecule has 0 aromatic carbocycles. The van der Waals surface area contributed by atoms with Gasteiger partial charge in [-0.05, 0) is 39.3 Å². The van der Waals surface area contributed by atoms with Gasteiger partial charge < -0.3 is 15.3 Å². The average Bonchev–Trinajstić information content (AvgIpc) is 2.25. The van der Waals surface area contributed by atoms with Crippen LogP contribution in [0.15, 0.2) is 0 Å². The van der Waals surface area contributed by atoms with Crippen molar-refractivity contribution in [2.45, 2.75) is 59.5 Å².